The molecular weight excluding hydrogens is 440 g/mol. The number of aromatic nitrogens is 2. The molecule has 2 aliphatic heterocycles. The molecule has 4 N–H and O–H groups in total. The van der Waals surface area contributed by atoms with Crippen molar-refractivity contribution in [2.24, 2.45) is 0 Å². The number of rotatable bonds is 5. The predicted molar refractivity (Wildman–Crippen MR) is 138 cm³/mol. The third kappa shape index (κ3) is 4.61. The largest absolute Gasteiger partial charge is 0.382 e. The van der Waals surface area contributed by atoms with E-state index in [1.807, 2.05) is 36.5 Å². The first kappa shape index (κ1) is 22.6. The Kier molecular flexibility index (Phi) is 5.96. The molecule has 0 fully saturated rings. The Balaban J connectivity index is 1.54. The van der Waals surface area contributed by atoms with Crippen LogP contribution in [0.2, 0.25) is 0 Å². The number of carbonyl (C=O) groups excluding carboxylic acids is 2. The van der Waals surface area contributed by atoms with Crippen LogP contribution < -0.4 is 16.4 Å². The van der Waals surface area contributed by atoms with Crippen molar-refractivity contribution >= 4 is 28.9 Å². The van der Waals surface area contributed by atoms with Gasteiger partial charge in [-0.05, 0) is 72.5 Å². The van der Waals surface area contributed by atoms with Crippen molar-refractivity contribution in [1.82, 2.24) is 20.0 Å². The zero-order valence-corrected chi connectivity index (χ0v) is 19.7. The molecule has 2 aromatic carbocycles. The number of hydrogen-bond acceptors (Lipinski definition) is 5. The zero-order valence-electron chi connectivity index (χ0n) is 19.7. The summed E-state index contributed by atoms with van der Waals surface area (Å²) in [6.45, 7) is 6.03. The molecule has 0 aliphatic carbocycles. The third-order valence-corrected chi connectivity index (χ3v) is 6.50. The van der Waals surface area contributed by atoms with E-state index >= 15 is 0 Å². The van der Waals surface area contributed by atoms with E-state index in [0.29, 0.717) is 23.6 Å². The lowest BCUT2D eigenvalue weighted by molar-refractivity contribution is -0.111. The number of likely N-dealkylation sites (N-methyl/N-ethyl adjacent to an activating group) is 1. The van der Waals surface area contributed by atoms with Crippen LogP contribution >= 0.6 is 0 Å². The number of nitrogen functional groups attached to an aromatic ring is 1. The lowest BCUT2D eigenvalue weighted by Gasteiger charge is -2.22. The minimum Gasteiger partial charge on any atom is -0.382 e. The van der Waals surface area contributed by atoms with Crippen LogP contribution in [0, 0.1) is 0 Å². The second-order valence-corrected chi connectivity index (χ2v) is 8.95. The van der Waals surface area contributed by atoms with E-state index < -0.39 is 0 Å². The van der Waals surface area contributed by atoms with Crippen molar-refractivity contribution in [2.75, 3.05) is 37.7 Å². The standard InChI is InChI=1S/C27H28N6O2/c1-3-25(34)30-21-13-20(17-7-10-32(2)11-8-17)14-22(15-21)33-16-24(26(28)31-33)18-4-5-23-19(12-18)6-9-29-27(23)35/h3-5,7,12-16H,1,6,8-11H2,2H3,(H2,28,31)(H,29,35)(H,30,34). The minimum absolute atomic E-state index is 0.0457. The number of anilines is 2. The number of nitrogens with two attached hydrogens (primary N) is 1. The second kappa shape index (κ2) is 9.23. The van der Waals surface area contributed by atoms with Gasteiger partial charge in [0.15, 0.2) is 5.82 Å². The molecule has 0 spiro atoms. The molecule has 0 radical (unpaired) electrons. The van der Waals surface area contributed by atoms with Gasteiger partial charge in [-0.15, -0.1) is 0 Å². The summed E-state index contributed by atoms with van der Waals surface area (Å²) >= 11 is 0. The molecule has 178 valence electrons. The number of benzene rings is 2. The number of fused-ring (bicyclic) bond motifs is 1. The highest BCUT2D eigenvalue weighted by Gasteiger charge is 2.19. The first-order valence-electron chi connectivity index (χ1n) is 11.6. The van der Waals surface area contributed by atoms with Crippen LogP contribution in [0.15, 0.2) is 61.3 Å². The van der Waals surface area contributed by atoms with Crippen LogP contribution in [-0.2, 0) is 11.2 Å². The topological polar surface area (TPSA) is 105 Å². The lowest BCUT2D eigenvalue weighted by atomic mass is 9.96. The molecule has 35 heavy (non-hydrogen) atoms. The van der Waals surface area contributed by atoms with Crippen LogP contribution in [0.1, 0.15) is 27.9 Å². The van der Waals surface area contributed by atoms with Crippen molar-refractivity contribution in [2.45, 2.75) is 12.8 Å². The Morgan fingerprint density at radius 1 is 1.17 bits per heavy atom. The molecule has 2 amide bonds. The summed E-state index contributed by atoms with van der Waals surface area (Å²) in [5, 5.41) is 10.3. The molecule has 1 aromatic heterocycles. The maximum atomic E-state index is 12.1. The number of nitrogens with one attached hydrogen (secondary N) is 2. The van der Waals surface area contributed by atoms with Crippen LogP contribution in [-0.4, -0.2) is 53.2 Å². The Morgan fingerprint density at radius 3 is 2.80 bits per heavy atom. The van der Waals surface area contributed by atoms with Gasteiger partial charge in [0.2, 0.25) is 5.91 Å². The molecule has 3 heterocycles. The van der Waals surface area contributed by atoms with E-state index in [-0.39, 0.29) is 11.8 Å². The quantitative estimate of drug-likeness (QED) is 0.499. The van der Waals surface area contributed by atoms with E-state index in [4.69, 9.17) is 5.73 Å². The van der Waals surface area contributed by atoms with E-state index in [1.165, 1.54) is 11.6 Å². The third-order valence-electron chi connectivity index (χ3n) is 6.50. The van der Waals surface area contributed by atoms with Gasteiger partial charge in [-0.25, -0.2) is 4.68 Å². The highest BCUT2D eigenvalue weighted by atomic mass is 16.2. The summed E-state index contributed by atoms with van der Waals surface area (Å²) in [6.07, 6.45) is 7.06. The van der Waals surface area contributed by atoms with Gasteiger partial charge in [-0.1, -0.05) is 24.8 Å². The number of amides is 2. The SMILES string of the molecule is C=CC(=O)Nc1cc(C2=CCN(C)CC2)cc(-n2cc(-c3ccc4c(c3)CCNC4=O)c(N)n2)c1. The normalized spacial score (nSPS) is 15.7. The van der Waals surface area contributed by atoms with E-state index in [1.54, 1.807) is 4.68 Å². The summed E-state index contributed by atoms with van der Waals surface area (Å²) in [5.74, 6) is 0.0746. The van der Waals surface area contributed by atoms with Crippen molar-refractivity contribution in [1.29, 1.82) is 0 Å². The summed E-state index contributed by atoms with van der Waals surface area (Å²) in [7, 11) is 2.10. The minimum atomic E-state index is -0.274. The molecule has 0 unspecified atom stereocenters. The zero-order chi connectivity index (χ0) is 24.5. The van der Waals surface area contributed by atoms with Crippen molar-refractivity contribution < 1.29 is 9.59 Å². The highest BCUT2D eigenvalue weighted by molar-refractivity contribution is 5.99. The van der Waals surface area contributed by atoms with Gasteiger partial charge in [0, 0.05) is 42.6 Å². The van der Waals surface area contributed by atoms with E-state index in [2.05, 4.69) is 46.4 Å². The van der Waals surface area contributed by atoms with E-state index in [9.17, 15) is 9.59 Å². The van der Waals surface area contributed by atoms with Gasteiger partial charge in [-0.3, -0.25) is 9.59 Å². The van der Waals surface area contributed by atoms with Gasteiger partial charge in [0.1, 0.15) is 0 Å². The average Bonchev–Trinajstić information content (AvgIpc) is 3.26. The van der Waals surface area contributed by atoms with Crippen LogP contribution in [0.4, 0.5) is 11.5 Å². The van der Waals surface area contributed by atoms with Gasteiger partial charge in [0.25, 0.3) is 5.91 Å². The van der Waals surface area contributed by atoms with Crippen LogP contribution in [0.3, 0.4) is 0 Å². The molecule has 8 heteroatoms. The first-order chi connectivity index (χ1) is 16.9. The van der Waals surface area contributed by atoms with Gasteiger partial charge in [-0.2, -0.15) is 5.10 Å². The molecule has 0 bridgehead atoms. The average molecular weight is 469 g/mol. The molecule has 5 rings (SSSR count). The Hall–Kier alpha value is -4.17. The molecule has 0 saturated heterocycles. The first-order valence-corrected chi connectivity index (χ1v) is 11.6. The van der Waals surface area contributed by atoms with Gasteiger partial charge < -0.3 is 21.3 Å². The van der Waals surface area contributed by atoms with Crippen molar-refractivity contribution in [3.8, 4) is 16.8 Å². The monoisotopic (exact) mass is 468 g/mol. The molecule has 2 aliphatic rings. The van der Waals surface area contributed by atoms with Gasteiger partial charge >= 0.3 is 0 Å². The molecular formula is C27H28N6O2. The fraction of sp³-hybridized carbons (Fsp3) is 0.222. The summed E-state index contributed by atoms with van der Waals surface area (Å²) < 4.78 is 1.74. The van der Waals surface area contributed by atoms with Crippen LogP contribution in [0.5, 0.6) is 0 Å². The number of hydrogen-bond donors (Lipinski definition) is 3. The van der Waals surface area contributed by atoms with Crippen LogP contribution in [0.25, 0.3) is 22.4 Å². The summed E-state index contributed by atoms with van der Waals surface area (Å²) in [5.41, 5.74) is 13.5. The smallest absolute Gasteiger partial charge is 0.251 e. The fourth-order valence-electron chi connectivity index (χ4n) is 4.56. The van der Waals surface area contributed by atoms with Crippen molar-refractivity contribution in [3.63, 3.8) is 0 Å². The fourth-order valence-corrected chi connectivity index (χ4v) is 4.56. The molecule has 0 atom stereocenters. The highest BCUT2D eigenvalue weighted by Crippen LogP contribution is 2.32. The maximum Gasteiger partial charge on any atom is 0.251 e. The summed E-state index contributed by atoms with van der Waals surface area (Å²) in [6, 6.07) is 11.7. The molecule has 8 nitrogen and oxygen atoms in total. The Morgan fingerprint density at radius 2 is 2.03 bits per heavy atom. The Labute approximate surface area is 204 Å². The number of nitrogens with zero attached hydrogens (tertiary/aromatic N) is 3. The lowest BCUT2D eigenvalue weighted by Crippen LogP contribution is -2.31. The second-order valence-electron chi connectivity index (χ2n) is 8.95. The predicted octanol–water partition coefficient (Wildman–Crippen LogP) is 3.25. The van der Waals surface area contributed by atoms with E-state index in [0.717, 1.165) is 53.9 Å². The molecule has 0 saturated carbocycles. The maximum absolute atomic E-state index is 12.1. The summed E-state index contributed by atoms with van der Waals surface area (Å²) in [4.78, 5) is 26.4. The van der Waals surface area contributed by atoms with Gasteiger partial charge in [0.05, 0.1) is 5.69 Å². The number of carbonyl (C=O) groups is 2. The van der Waals surface area contributed by atoms with Crippen molar-refractivity contribution in [3.05, 3.63) is 78.0 Å². The molecule has 3 aromatic rings. The Bertz CT molecular complexity index is 1370.